The molecule has 6 nitrogen and oxygen atoms in total. The largest absolute Gasteiger partial charge is 0.345 e. The molecule has 1 atom stereocenters. The van der Waals surface area contributed by atoms with E-state index in [9.17, 15) is 4.79 Å². The lowest BCUT2D eigenvalue weighted by Gasteiger charge is -2.24. The molecule has 3 N–H and O–H groups in total. The molecule has 2 aromatic heterocycles. The number of benzene rings is 2. The number of rotatable bonds is 5. The van der Waals surface area contributed by atoms with Gasteiger partial charge >= 0.3 is 0 Å². The molecule has 1 aliphatic rings. The Balaban J connectivity index is 1.44. The molecule has 1 fully saturated rings. The van der Waals surface area contributed by atoms with Crippen LogP contribution in [0.25, 0.3) is 22.1 Å². The maximum Gasteiger partial charge on any atom is 0.223 e. The number of hydrogen-bond donors (Lipinski definition) is 3. The molecule has 1 amide bonds. The lowest BCUT2D eigenvalue weighted by molar-refractivity contribution is -0.126. The maximum atomic E-state index is 13.0. The van der Waals surface area contributed by atoms with Crippen molar-refractivity contribution in [3.05, 3.63) is 60.2 Å². The third kappa shape index (κ3) is 3.75. The van der Waals surface area contributed by atoms with Gasteiger partial charge in [0.15, 0.2) is 0 Å². The van der Waals surface area contributed by atoms with Crippen molar-refractivity contribution in [3.63, 3.8) is 0 Å². The van der Waals surface area contributed by atoms with E-state index in [4.69, 9.17) is 9.97 Å². The average molecular weight is 387 g/mol. The van der Waals surface area contributed by atoms with Gasteiger partial charge < -0.3 is 15.3 Å². The number of carbonyl (C=O) groups excluding carboxylic acids is 1. The molecule has 1 saturated carbocycles. The van der Waals surface area contributed by atoms with Crippen molar-refractivity contribution < 1.29 is 4.79 Å². The number of para-hydroxylation sites is 4. The van der Waals surface area contributed by atoms with E-state index in [0.717, 1.165) is 59.4 Å². The van der Waals surface area contributed by atoms with E-state index in [1.54, 1.807) is 0 Å². The zero-order valence-corrected chi connectivity index (χ0v) is 16.3. The molecule has 0 saturated heterocycles. The number of fused-ring (bicyclic) bond motifs is 2. The van der Waals surface area contributed by atoms with Gasteiger partial charge in [-0.2, -0.15) is 0 Å². The fraction of sp³-hybridized carbons (Fsp3) is 0.348. The normalized spacial score (nSPS) is 16.3. The Morgan fingerprint density at radius 2 is 1.59 bits per heavy atom. The smallest absolute Gasteiger partial charge is 0.223 e. The third-order valence-electron chi connectivity index (χ3n) is 5.87. The minimum atomic E-state index is -0.252. The highest BCUT2D eigenvalue weighted by atomic mass is 16.1. The van der Waals surface area contributed by atoms with Gasteiger partial charge in [-0.05, 0) is 37.1 Å². The number of imidazole rings is 2. The second-order valence-corrected chi connectivity index (χ2v) is 7.94. The van der Waals surface area contributed by atoms with Gasteiger partial charge in [-0.15, -0.1) is 0 Å². The summed E-state index contributed by atoms with van der Waals surface area (Å²) in [5, 5.41) is 3.26. The van der Waals surface area contributed by atoms with Crippen molar-refractivity contribution >= 4 is 28.0 Å². The first-order valence-electron chi connectivity index (χ1n) is 10.4. The van der Waals surface area contributed by atoms with Crippen LogP contribution in [-0.2, 0) is 11.2 Å². The summed E-state index contributed by atoms with van der Waals surface area (Å²) in [5.74, 6) is 1.86. The van der Waals surface area contributed by atoms with Crippen LogP contribution >= 0.6 is 0 Å². The Labute approximate surface area is 169 Å². The number of nitrogens with one attached hydrogen (secondary N) is 3. The van der Waals surface area contributed by atoms with Crippen molar-refractivity contribution in [2.75, 3.05) is 0 Å². The quantitative estimate of drug-likeness (QED) is 0.474. The Morgan fingerprint density at radius 3 is 2.28 bits per heavy atom. The van der Waals surface area contributed by atoms with E-state index in [2.05, 4.69) is 15.3 Å². The summed E-state index contributed by atoms with van der Waals surface area (Å²) in [5.41, 5.74) is 3.82. The molecule has 2 heterocycles. The molecule has 4 aromatic rings. The topological polar surface area (TPSA) is 86.5 Å². The standard InChI is InChI=1S/C23H25N5O/c29-23(15-8-2-1-3-9-15)28-20(22-26-18-12-6-7-13-19(18)27-22)14-21-24-16-10-4-5-11-17(16)25-21/h4-7,10-13,15,20H,1-3,8-9,14H2,(H,24,25)(H,26,27)(H,28,29). The van der Waals surface area contributed by atoms with Crippen LogP contribution in [0, 0.1) is 5.92 Å². The van der Waals surface area contributed by atoms with Gasteiger partial charge in [0.05, 0.1) is 28.1 Å². The summed E-state index contributed by atoms with van der Waals surface area (Å²) in [6.45, 7) is 0. The monoisotopic (exact) mass is 387 g/mol. The van der Waals surface area contributed by atoms with E-state index < -0.39 is 0 Å². The van der Waals surface area contributed by atoms with Crippen LogP contribution in [0.4, 0.5) is 0 Å². The average Bonchev–Trinajstić information content (AvgIpc) is 3.37. The summed E-state index contributed by atoms with van der Waals surface area (Å²) in [4.78, 5) is 29.2. The van der Waals surface area contributed by atoms with Gasteiger partial charge in [0, 0.05) is 12.3 Å². The van der Waals surface area contributed by atoms with Gasteiger partial charge in [-0.1, -0.05) is 43.5 Å². The minimum Gasteiger partial charge on any atom is -0.345 e. The van der Waals surface area contributed by atoms with Gasteiger partial charge in [-0.25, -0.2) is 9.97 Å². The molecular weight excluding hydrogens is 362 g/mol. The van der Waals surface area contributed by atoms with Crippen molar-refractivity contribution in [2.24, 2.45) is 5.92 Å². The Bertz CT molecular complexity index is 1070. The Kier molecular flexibility index (Phi) is 4.76. The summed E-state index contributed by atoms with van der Waals surface area (Å²) in [6.07, 6.45) is 6.02. The molecule has 6 heteroatoms. The highest BCUT2D eigenvalue weighted by Crippen LogP contribution is 2.26. The molecule has 0 spiro atoms. The van der Waals surface area contributed by atoms with Crippen LogP contribution in [-0.4, -0.2) is 25.8 Å². The van der Waals surface area contributed by atoms with E-state index >= 15 is 0 Å². The zero-order chi connectivity index (χ0) is 19.6. The molecule has 148 valence electrons. The molecule has 5 rings (SSSR count). The predicted molar refractivity (Wildman–Crippen MR) is 113 cm³/mol. The van der Waals surface area contributed by atoms with Gasteiger partial charge in [0.1, 0.15) is 11.6 Å². The first kappa shape index (κ1) is 17.9. The lowest BCUT2D eigenvalue weighted by Crippen LogP contribution is -2.36. The summed E-state index contributed by atoms with van der Waals surface area (Å²) < 4.78 is 0. The lowest BCUT2D eigenvalue weighted by atomic mass is 9.88. The SMILES string of the molecule is O=C(NC(Cc1nc2ccccc2[nH]1)c1nc2ccccc2[nH]1)C1CCCCC1. The fourth-order valence-corrected chi connectivity index (χ4v) is 4.30. The van der Waals surface area contributed by atoms with Crippen molar-refractivity contribution in [3.8, 4) is 0 Å². The summed E-state index contributed by atoms with van der Waals surface area (Å²) in [7, 11) is 0. The Hall–Kier alpha value is -3.15. The summed E-state index contributed by atoms with van der Waals surface area (Å²) >= 11 is 0. The molecular formula is C23H25N5O. The second kappa shape index (κ2) is 7.70. The second-order valence-electron chi connectivity index (χ2n) is 7.94. The van der Waals surface area contributed by atoms with E-state index in [-0.39, 0.29) is 17.9 Å². The van der Waals surface area contributed by atoms with Gasteiger partial charge in [-0.3, -0.25) is 4.79 Å². The number of aromatic amines is 2. The molecule has 1 aliphatic carbocycles. The van der Waals surface area contributed by atoms with Gasteiger partial charge in [0.25, 0.3) is 0 Å². The van der Waals surface area contributed by atoms with Crippen LogP contribution in [0.15, 0.2) is 48.5 Å². The van der Waals surface area contributed by atoms with Crippen molar-refractivity contribution in [1.29, 1.82) is 0 Å². The number of aromatic nitrogens is 4. The first-order chi connectivity index (χ1) is 14.3. The van der Waals surface area contributed by atoms with Crippen LogP contribution in [0.2, 0.25) is 0 Å². The number of carbonyl (C=O) groups is 1. The maximum absolute atomic E-state index is 13.0. The molecule has 2 aromatic carbocycles. The molecule has 29 heavy (non-hydrogen) atoms. The van der Waals surface area contributed by atoms with Crippen LogP contribution in [0.3, 0.4) is 0 Å². The summed E-state index contributed by atoms with van der Waals surface area (Å²) in [6, 6.07) is 15.7. The third-order valence-corrected chi connectivity index (χ3v) is 5.87. The Morgan fingerprint density at radius 1 is 0.931 bits per heavy atom. The van der Waals surface area contributed by atoms with Crippen LogP contribution in [0.1, 0.15) is 49.8 Å². The molecule has 1 unspecified atom stereocenters. The van der Waals surface area contributed by atoms with Crippen LogP contribution < -0.4 is 5.32 Å². The van der Waals surface area contributed by atoms with E-state index in [0.29, 0.717) is 6.42 Å². The molecule has 0 radical (unpaired) electrons. The highest BCUT2D eigenvalue weighted by molar-refractivity contribution is 5.80. The highest BCUT2D eigenvalue weighted by Gasteiger charge is 2.26. The number of hydrogen-bond acceptors (Lipinski definition) is 3. The first-order valence-corrected chi connectivity index (χ1v) is 10.4. The predicted octanol–water partition coefficient (Wildman–Crippen LogP) is 4.42. The van der Waals surface area contributed by atoms with E-state index in [1.165, 1.54) is 6.42 Å². The van der Waals surface area contributed by atoms with Crippen LogP contribution in [0.5, 0.6) is 0 Å². The van der Waals surface area contributed by atoms with Crippen molar-refractivity contribution in [2.45, 2.75) is 44.6 Å². The van der Waals surface area contributed by atoms with Gasteiger partial charge in [0.2, 0.25) is 5.91 Å². The zero-order valence-electron chi connectivity index (χ0n) is 16.3. The van der Waals surface area contributed by atoms with Crippen molar-refractivity contribution in [1.82, 2.24) is 25.3 Å². The number of nitrogens with zero attached hydrogens (tertiary/aromatic N) is 2. The number of amides is 1. The number of H-pyrrole nitrogens is 2. The molecule has 0 bridgehead atoms. The minimum absolute atomic E-state index is 0.103. The van der Waals surface area contributed by atoms with E-state index in [1.807, 2.05) is 48.5 Å². The fourth-order valence-electron chi connectivity index (χ4n) is 4.30. The molecule has 0 aliphatic heterocycles.